The maximum Gasteiger partial charge on any atom is 0.127 e. The minimum atomic E-state index is 0.590. The van der Waals surface area contributed by atoms with Gasteiger partial charge in [0.2, 0.25) is 0 Å². The Bertz CT molecular complexity index is 150. The van der Waals surface area contributed by atoms with Gasteiger partial charge in [0.15, 0.2) is 0 Å². The molecule has 1 aromatic rings. The van der Waals surface area contributed by atoms with Crippen LogP contribution >= 0.6 is 0 Å². The van der Waals surface area contributed by atoms with Crippen LogP contribution in [0.4, 0.5) is 0 Å². The summed E-state index contributed by atoms with van der Waals surface area (Å²) >= 11 is 0. The van der Waals surface area contributed by atoms with Crippen molar-refractivity contribution < 1.29 is 5.11 Å². The normalized spacial score (nSPS) is 9.12. The maximum atomic E-state index is 8.35. The van der Waals surface area contributed by atoms with Gasteiger partial charge in [-0.1, -0.05) is 6.07 Å². The summed E-state index contributed by atoms with van der Waals surface area (Å²) in [5, 5.41) is 8.35. The van der Waals surface area contributed by atoms with E-state index in [-0.39, 0.29) is 0 Å². The Morgan fingerprint density at radius 3 is 2.75 bits per heavy atom. The fraction of sp³-hybridized carbons (Fsp3) is 0. The molecule has 41 valence electrons. The molecule has 1 aromatic heterocycles. The number of aliphatic hydroxyl groups excluding tert-OH is 1. The molecule has 0 bridgehead atoms. The van der Waals surface area contributed by atoms with Gasteiger partial charge in [-0.15, -0.1) is 0 Å². The standard InChI is InChI=1S/C6H6NO/c8-5-6-3-1-2-4-7-6/h1-5,8H. The molecule has 0 aliphatic rings. The van der Waals surface area contributed by atoms with Crippen LogP contribution in [-0.4, -0.2) is 10.1 Å². The van der Waals surface area contributed by atoms with Crippen LogP contribution < -0.4 is 0 Å². The van der Waals surface area contributed by atoms with E-state index in [4.69, 9.17) is 5.11 Å². The van der Waals surface area contributed by atoms with E-state index in [0.717, 1.165) is 6.61 Å². The first-order chi connectivity index (χ1) is 3.93. The van der Waals surface area contributed by atoms with Crippen molar-refractivity contribution in [2.45, 2.75) is 0 Å². The molecule has 0 aliphatic carbocycles. The molecule has 0 aromatic carbocycles. The molecule has 2 nitrogen and oxygen atoms in total. The molecular weight excluding hydrogens is 102 g/mol. The Balaban J connectivity index is 2.83. The second-order valence-electron chi connectivity index (χ2n) is 1.38. The van der Waals surface area contributed by atoms with Crippen LogP contribution in [0.5, 0.6) is 0 Å². The zero-order valence-corrected chi connectivity index (χ0v) is 4.28. The molecule has 0 amide bonds. The van der Waals surface area contributed by atoms with Crippen LogP contribution in [0.25, 0.3) is 0 Å². The van der Waals surface area contributed by atoms with E-state index >= 15 is 0 Å². The lowest BCUT2D eigenvalue weighted by Gasteiger charge is -1.87. The fourth-order valence-electron chi connectivity index (χ4n) is 0.452. The molecule has 1 N–H and O–H groups in total. The van der Waals surface area contributed by atoms with Crippen LogP contribution in [0.3, 0.4) is 0 Å². The quantitative estimate of drug-likeness (QED) is 0.581. The minimum Gasteiger partial charge on any atom is -0.384 e. The van der Waals surface area contributed by atoms with Crippen molar-refractivity contribution in [2.75, 3.05) is 0 Å². The van der Waals surface area contributed by atoms with Gasteiger partial charge in [-0.3, -0.25) is 4.98 Å². The van der Waals surface area contributed by atoms with Crippen LogP contribution in [0, 0.1) is 6.61 Å². The van der Waals surface area contributed by atoms with Gasteiger partial charge in [0.05, 0.1) is 5.69 Å². The molecule has 0 unspecified atom stereocenters. The highest BCUT2D eigenvalue weighted by molar-refractivity contribution is 5.08. The van der Waals surface area contributed by atoms with Crippen molar-refractivity contribution in [3.63, 3.8) is 0 Å². The summed E-state index contributed by atoms with van der Waals surface area (Å²) in [6.07, 6.45) is 1.63. The van der Waals surface area contributed by atoms with Gasteiger partial charge in [-0.2, -0.15) is 0 Å². The average molecular weight is 108 g/mol. The van der Waals surface area contributed by atoms with Gasteiger partial charge in [0.1, 0.15) is 6.61 Å². The third-order valence-electron chi connectivity index (χ3n) is 0.820. The van der Waals surface area contributed by atoms with Crippen LogP contribution in [-0.2, 0) is 0 Å². The summed E-state index contributed by atoms with van der Waals surface area (Å²) in [6, 6.07) is 5.34. The third-order valence-corrected chi connectivity index (χ3v) is 0.820. The van der Waals surface area contributed by atoms with E-state index in [1.165, 1.54) is 0 Å². The number of hydrogen-bond acceptors (Lipinski definition) is 2. The smallest absolute Gasteiger partial charge is 0.127 e. The molecule has 0 saturated carbocycles. The molecule has 1 radical (unpaired) electrons. The summed E-state index contributed by atoms with van der Waals surface area (Å²) in [6.45, 7) is 0.972. The molecule has 1 rings (SSSR count). The van der Waals surface area contributed by atoms with E-state index in [9.17, 15) is 0 Å². The first kappa shape index (κ1) is 5.25. The average Bonchev–Trinajstić information content (AvgIpc) is 1.90. The third kappa shape index (κ3) is 1.04. The van der Waals surface area contributed by atoms with E-state index < -0.39 is 0 Å². The summed E-state index contributed by atoms with van der Waals surface area (Å²) in [4.78, 5) is 3.79. The molecular formula is C6H6NO. The zero-order valence-electron chi connectivity index (χ0n) is 4.28. The van der Waals surface area contributed by atoms with Crippen LogP contribution in [0.1, 0.15) is 5.69 Å². The lowest BCUT2D eigenvalue weighted by Crippen LogP contribution is -1.81. The number of pyridine rings is 1. The number of hydrogen-bond donors (Lipinski definition) is 1. The van der Waals surface area contributed by atoms with Gasteiger partial charge < -0.3 is 5.11 Å². The van der Waals surface area contributed by atoms with Crippen molar-refractivity contribution in [1.82, 2.24) is 4.98 Å². The largest absolute Gasteiger partial charge is 0.384 e. The molecule has 0 fully saturated rings. The SMILES string of the molecule is O[CH]c1ccccn1. The number of rotatable bonds is 1. The van der Waals surface area contributed by atoms with E-state index in [0.29, 0.717) is 5.69 Å². The van der Waals surface area contributed by atoms with Crippen molar-refractivity contribution in [1.29, 1.82) is 0 Å². The molecule has 1 heterocycles. The molecule has 0 spiro atoms. The van der Waals surface area contributed by atoms with Crippen molar-refractivity contribution in [3.05, 3.63) is 36.7 Å². The van der Waals surface area contributed by atoms with E-state index in [1.807, 2.05) is 6.07 Å². The van der Waals surface area contributed by atoms with Gasteiger partial charge >= 0.3 is 0 Å². The molecule has 0 saturated heterocycles. The molecule has 0 atom stereocenters. The van der Waals surface area contributed by atoms with E-state index in [2.05, 4.69) is 4.98 Å². The lowest BCUT2D eigenvalue weighted by molar-refractivity contribution is 0.410. The number of nitrogens with zero attached hydrogens (tertiary/aromatic N) is 1. The van der Waals surface area contributed by atoms with Crippen molar-refractivity contribution >= 4 is 0 Å². The summed E-state index contributed by atoms with van der Waals surface area (Å²) in [7, 11) is 0. The lowest BCUT2D eigenvalue weighted by atomic mass is 10.4. The van der Waals surface area contributed by atoms with Gasteiger partial charge in [-0.25, -0.2) is 0 Å². The molecule has 2 heteroatoms. The second-order valence-corrected chi connectivity index (χ2v) is 1.38. The maximum absolute atomic E-state index is 8.35. The zero-order chi connectivity index (χ0) is 5.82. The van der Waals surface area contributed by atoms with E-state index in [1.54, 1.807) is 18.3 Å². The topological polar surface area (TPSA) is 33.1 Å². The summed E-state index contributed by atoms with van der Waals surface area (Å²) in [5.41, 5.74) is 0.590. The Kier molecular flexibility index (Phi) is 1.59. The Hall–Kier alpha value is -0.890. The van der Waals surface area contributed by atoms with Gasteiger partial charge in [0, 0.05) is 6.20 Å². The first-order valence-electron chi connectivity index (χ1n) is 2.32. The Labute approximate surface area is 47.8 Å². The molecule has 8 heavy (non-hydrogen) atoms. The highest BCUT2D eigenvalue weighted by Gasteiger charge is 1.84. The Morgan fingerprint density at radius 2 is 2.38 bits per heavy atom. The predicted molar refractivity (Wildman–Crippen MR) is 29.6 cm³/mol. The second kappa shape index (κ2) is 2.43. The number of aromatic nitrogens is 1. The van der Waals surface area contributed by atoms with Crippen LogP contribution in [0.2, 0.25) is 0 Å². The highest BCUT2D eigenvalue weighted by Crippen LogP contribution is 1.91. The van der Waals surface area contributed by atoms with Gasteiger partial charge in [-0.05, 0) is 12.1 Å². The minimum absolute atomic E-state index is 0.590. The predicted octanol–water partition coefficient (Wildman–Crippen LogP) is 0.964. The molecule has 0 aliphatic heterocycles. The van der Waals surface area contributed by atoms with Crippen molar-refractivity contribution in [3.8, 4) is 0 Å². The Morgan fingerprint density at radius 1 is 1.50 bits per heavy atom. The number of aliphatic hydroxyl groups is 1. The highest BCUT2D eigenvalue weighted by atomic mass is 16.3. The first-order valence-corrected chi connectivity index (χ1v) is 2.32. The van der Waals surface area contributed by atoms with Crippen LogP contribution in [0.15, 0.2) is 24.4 Å². The monoisotopic (exact) mass is 108 g/mol. The van der Waals surface area contributed by atoms with Gasteiger partial charge in [0.25, 0.3) is 0 Å². The summed E-state index contributed by atoms with van der Waals surface area (Å²) < 4.78 is 0. The summed E-state index contributed by atoms with van der Waals surface area (Å²) in [5.74, 6) is 0. The van der Waals surface area contributed by atoms with Crippen molar-refractivity contribution in [2.24, 2.45) is 0 Å². The fourth-order valence-corrected chi connectivity index (χ4v) is 0.452.